The fourth-order valence-electron chi connectivity index (χ4n) is 2.80. The topological polar surface area (TPSA) is 57.4 Å². The van der Waals surface area contributed by atoms with Crippen molar-refractivity contribution in [3.63, 3.8) is 0 Å². The van der Waals surface area contributed by atoms with Gasteiger partial charge in [0, 0.05) is 11.1 Å². The van der Waals surface area contributed by atoms with Crippen LogP contribution in [0.5, 0.6) is 11.5 Å². The number of aromatic nitrogens is 2. The number of rotatable bonds is 4. The molecule has 0 atom stereocenters. The summed E-state index contributed by atoms with van der Waals surface area (Å²) in [7, 11) is 3.29. The van der Waals surface area contributed by atoms with Crippen LogP contribution in [-0.2, 0) is 0 Å². The largest absolute Gasteiger partial charge is 0.497 e. The smallest absolute Gasteiger partial charge is 0.193 e. The van der Waals surface area contributed by atoms with Crippen LogP contribution in [0.4, 0.5) is 0 Å². The average molecular weight is 352 g/mol. The Bertz CT molecular complexity index is 1040. The third kappa shape index (κ3) is 2.64. The van der Waals surface area contributed by atoms with Crippen molar-refractivity contribution in [2.75, 3.05) is 14.2 Å². The standard InChI is InChI=1S/C19H16N2O3S/c1-11-18-19(24-21-11)14(10-15(20-18)17-5-4-8-25-17)13-9-12(22-2)6-7-16(13)23-3/h4-10H,1-3H3. The van der Waals surface area contributed by atoms with Crippen molar-refractivity contribution in [3.05, 3.63) is 47.5 Å². The Hall–Kier alpha value is -2.86. The van der Waals surface area contributed by atoms with Gasteiger partial charge in [-0.1, -0.05) is 11.2 Å². The first-order chi connectivity index (χ1) is 12.2. The summed E-state index contributed by atoms with van der Waals surface area (Å²) in [5.41, 5.74) is 4.80. The van der Waals surface area contributed by atoms with E-state index in [1.807, 2.05) is 48.7 Å². The molecule has 25 heavy (non-hydrogen) atoms. The lowest BCUT2D eigenvalue weighted by Gasteiger charge is -2.11. The zero-order chi connectivity index (χ0) is 17.4. The molecule has 0 fully saturated rings. The van der Waals surface area contributed by atoms with Gasteiger partial charge in [-0.05, 0) is 42.6 Å². The number of hydrogen-bond donors (Lipinski definition) is 0. The molecule has 0 amide bonds. The van der Waals surface area contributed by atoms with Crippen molar-refractivity contribution >= 4 is 22.4 Å². The SMILES string of the molecule is COc1ccc(OC)c(-c2cc(-c3cccs3)nc3c(C)noc23)c1. The molecule has 4 aromatic rings. The number of nitrogens with zero attached hydrogens (tertiary/aromatic N) is 2. The number of benzene rings is 1. The van der Waals surface area contributed by atoms with Gasteiger partial charge in [0.1, 0.15) is 22.7 Å². The minimum absolute atomic E-state index is 0.643. The van der Waals surface area contributed by atoms with Crippen LogP contribution in [0, 0.1) is 6.92 Å². The number of aryl methyl sites for hydroxylation is 1. The summed E-state index contributed by atoms with van der Waals surface area (Å²) >= 11 is 1.65. The summed E-state index contributed by atoms with van der Waals surface area (Å²) in [5.74, 6) is 1.48. The maximum atomic E-state index is 5.57. The van der Waals surface area contributed by atoms with E-state index in [1.165, 1.54) is 0 Å². The van der Waals surface area contributed by atoms with Gasteiger partial charge in [0.25, 0.3) is 0 Å². The third-order valence-electron chi connectivity index (χ3n) is 4.06. The number of methoxy groups -OCH3 is 2. The van der Waals surface area contributed by atoms with E-state index in [0.717, 1.165) is 44.4 Å². The molecular weight excluding hydrogens is 336 g/mol. The molecule has 3 heterocycles. The number of ether oxygens (including phenoxy) is 2. The Morgan fingerprint density at radius 2 is 1.92 bits per heavy atom. The monoisotopic (exact) mass is 352 g/mol. The highest BCUT2D eigenvalue weighted by Crippen LogP contribution is 2.40. The Labute approximate surface area is 148 Å². The van der Waals surface area contributed by atoms with Crippen LogP contribution in [-0.4, -0.2) is 24.4 Å². The zero-order valence-electron chi connectivity index (χ0n) is 14.1. The molecule has 0 aliphatic heterocycles. The second-order valence-electron chi connectivity index (χ2n) is 5.54. The van der Waals surface area contributed by atoms with Gasteiger partial charge in [0.15, 0.2) is 5.58 Å². The molecule has 0 radical (unpaired) electrons. The molecule has 1 aromatic carbocycles. The van der Waals surface area contributed by atoms with Crippen LogP contribution in [0.3, 0.4) is 0 Å². The van der Waals surface area contributed by atoms with E-state index in [-0.39, 0.29) is 0 Å². The van der Waals surface area contributed by atoms with Gasteiger partial charge < -0.3 is 14.0 Å². The lowest BCUT2D eigenvalue weighted by Crippen LogP contribution is -1.92. The van der Waals surface area contributed by atoms with E-state index in [0.29, 0.717) is 5.58 Å². The third-order valence-corrected chi connectivity index (χ3v) is 4.95. The number of pyridine rings is 1. The Morgan fingerprint density at radius 1 is 1.04 bits per heavy atom. The van der Waals surface area contributed by atoms with Crippen LogP contribution in [0.1, 0.15) is 5.69 Å². The normalized spacial score (nSPS) is 11.0. The number of hydrogen-bond acceptors (Lipinski definition) is 6. The van der Waals surface area contributed by atoms with Gasteiger partial charge in [-0.15, -0.1) is 11.3 Å². The van der Waals surface area contributed by atoms with Gasteiger partial charge in [-0.2, -0.15) is 0 Å². The van der Waals surface area contributed by atoms with E-state index in [1.54, 1.807) is 25.6 Å². The minimum atomic E-state index is 0.643. The first-order valence-corrected chi connectivity index (χ1v) is 8.62. The van der Waals surface area contributed by atoms with Crippen molar-refractivity contribution < 1.29 is 14.0 Å². The lowest BCUT2D eigenvalue weighted by atomic mass is 10.0. The summed E-state index contributed by atoms with van der Waals surface area (Å²) < 4.78 is 16.5. The first kappa shape index (κ1) is 15.7. The molecule has 0 unspecified atom stereocenters. The molecular formula is C19H16N2O3S. The summed E-state index contributed by atoms with van der Waals surface area (Å²) in [6, 6.07) is 11.8. The molecule has 0 saturated carbocycles. The van der Waals surface area contributed by atoms with Gasteiger partial charge >= 0.3 is 0 Å². The van der Waals surface area contributed by atoms with Crippen molar-refractivity contribution in [2.45, 2.75) is 6.92 Å². The van der Waals surface area contributed by atoms with E-state index >= 15 is 0 Å². The minimum Gasteiger partial charge on any atom is -0.497 e. The molecule has 0 saturated heterocycles. The summed E-state index contributed by atoms with van der Waals surface area (Å²) in [4.78, 5) is 5.83. The van der Waals surface area contributed by atoms with Crippen molar-refractivity contribution in [3.8, 4) is 33.2 Å². The van der Waals surface area contributed by atoms with Crippen molar-refractivity contribution in [2.24, 2.45) is 0 Å². The van der Waals surface area contributed by atoms with Crippen LogP contribution in [0.15, 0.2) is 46.3 Å². The van der Waals surface area contributed by atoms with Crippen LogP contribution >= 0.6 is 11.3 Å². The van der Waals surface area contributed by atoms with E-state index < -0.39 is 0 Å². The van der Waals surface area contributed by atoms with E-state index in [4.69, 9.17) is 19.0 Å². The summed E-state index contributed by atoms with van der Waals surface area (Å²) in [5, 5.41) is 6.13. The molecule has 3 aromatic heterocycles. The zero-order valence-corrected chi connectivity index (χ0v) is 14.9. The second kappa shape index (κ2) is 6.22. The highest BCUT2D eigenvalue weighted by Gasteiger charge is 2.19. The Morgan fingerprint density at radius 3 is 2.64 bits per heavy atom. The molecule has 4 rings (SSSR count). The number of fused-ring (bicyclic) bond motifs is 1. The van der Waals surface area contributed by atoms with Gasteiger partial charge in [0.05, 0.1) is 24.8 Å². The molecule has 0 bridgehead atoms. The molecule has 0 aliphatic rings. The fourth-order valence-corrected chi connectivity index (χ4v) is 3.49. The molecule has 6 heteroatoms. The maximum absolute atomic E-state index is 5.57. The van der Waals surface area contributed by atoms with Crippen LogP contribution in [0.2, 0.25) is 0 Å². The molecule has 126 valence electrons. The van der Waals surface area contributed by atoms with Gasteiger partial charge in [-0.25, -0.2) is 4.98 Å². The summed E-state index contributed by atoms with van der Waals surface area (Å²) in [6.07, 6.45) is 0. The molecule has 0 N–H and O–H groups in total. The molecule has 0 spiro atoms. The highest BCUT2D eigenvalue weighted by atomic mass is 32.1. The predicted molar refractivity (Wildman–Crippen MR) is 98.4 cm³/mol. The summed E-state index contributed by atoms with van der Waals surface area (Å²) in [6.45, 7) is 1.89. The van der Waals surface area contributed by atoms with Crippen molar-refractivity contribution in [1.82, 2.24) is 10.1 Å². The van der Waals surface area contributed by atoms with E-state index in [9.17, 15) is 0 Å². The van der Waals surface area contributed by atoms with Crippen molar-refractivity contribution in [1.29, 1.82) is 0 Å². The maximum Gasteiger partial charge on any atom is 0.193 e. The fraction of sp³-hybridized carbons (Fsp3) is 0.158. The van der Waals surface area contributed by atoms with Crippen LogP contribution < -0.4 is 9.47 Å². The lowest BCUT2D eigenvalue weighted by molar-refractivity contribution is 0.404. The average Bonchev–Trinajstić information content (AvgIpc) is 3.31. The highest BCUT2D eigenvalue weighted by molar-refractivity contribution is 7.13. The molecule has 0 aliphatic carbocycles. The van der Waals surface area contributed by atoms with Gasteiger partial charge in [-0.3, -0.25) is 0 Å². The quantitative estimate of drug-likeness (QED) is 0.520. The second-order valence-corrected chi connectivity index (χ2v) is 6.49. The Kier molecular flexibility index (Phi) is 3.89. The predicted octanol–water partition coefficient (Wildman–Crippen LogP) is 4.94. The molecule has 5 nitrogen and oxygen atoms in total. The number of thiophene rings is 1. The van der Waals surface area contributed by atoms with Crippen LogP contribution in [0.25, 0.3) is 32.8 Å². The first-order valence-electron chi connectivity index (χ1n) is 7.74. The van der Waals surface area contributed by atoms with E-state index in [2.05, 4.69) is 5.16 Å². The van der Waals surface area contributed by atoms with Gasteiger partial charge in [0.2, 0.25) is 0 Å². The Balaban J connectivity index is 2.04.